The average Bonchev–Trinajstić information content (AvgIpc) is 3.17. The normalized spacial score (nSPS) is 12.1. The van der Waals surface area contributed by atoms with Crippen molar-refractivity contribution in [3.05, 3.63) is 82.9 Å². The molecule has 1 amide bonds. The monoisotopic (exact) mass is 404 g/mol. The van der Waals surface area contributed by atoms with Crippen LogP contribution < -0.4 is 5.32 Å². The predicted molar refractivity (Wildman–Crippen MR) is 118 cm³/mol. The van der Waals surface area contributed by atoms with Crippen LogP contribution in [-0.4, -0.2) is 10.9 Å². The SMILES string of the molecule is CC[C@H](C)c1ccc2oc(-c3cccc(NC(=O)c4cccc(Cl)c4)c3)nc2c1. The van der Waals surface area contributed by atoms with Gasteiger partial charge < -0.3 is 9.73 Å². The second-order valence-electron chi connectivity index (χ2n) is 7.10. The molecule has 3 aromatic carbocycles. The van der Waals surface area contributed by atoms with E-state index in [0.29, 0.717) is 28.1 Å². The van der Waals surface area contributed by atoms with Gasteiger partial charge in [-0.15, -0.1) is 0 Å². The summed E-state index contributed by atoms with van der Waals surface area (Å²) in [6.07, 6.45) is 1.07. The maximum absolute atomic E-state index is 12.5. The van der Waals surface area contributed by atoms with E-state index in [4.69, 9.17) is 16.0 Å². The van der Waals surface area contributed by atoms with Gasteiger partial charge in [0.25, 0.3) is 5.91 Å². The van der Waals surface area contributed by atoms with Crippen LogP contribution >= 0.6 is 11.6 Å². The lowest BCUT2D eigenvalue weighted by molar-refractivity contribution is 0.102. The fourth-order valence-corrected chi connectivity index (χ4v) is 3.36. The fourth-order valence-electron chi connectivity index (χ4n) is 3.17. The van der Waals surface area contributed by atoms with Gasteiger partial charge in [-0.3, -0.25) is 4.79 Å². The molecule has 4 rings (SSSR count). The van der Waals surface area contributed by atoms with E-state index in [9.17, 15) is 4.79 Å². The number of nitrogens with one attached hydrogen (secondary N) is 1. The minimum atomic E-state index is -0.222. The summed E-state index contributed by atoms with van der Waals surface area (Å²) in [6, 6.07) is 20.4. The van der Waals surface area contributed by atoms with Crippen molar-refractivity contribution in [1.82, 2.24) is 4.98 Å². The quantitative estimate of drug-likeness (QED) is 0.393. The number of anilines is 1. The standard InChI is InChI=1S/C24H21ClN2O2/c1-3-15(2)16-10-11-22-21(14-16)27-24(29-22)18-7-5-9-20(13-18)26-23(28)17-6-4-8-19(25)12-17/h4-15H,3H2,1-2H3,(H,26,28)/t15-/m0/s1. The van der Waals surface area contributed by atoms with Gasteiger partial charge in [0.1, 0.15) is 5.52 Å². The van der Waals surface area contributed by atoms with Crippen molar-refractivity contribution in [1.29, 1.82) is 0 Å². The molecule has 1 N–H and O–H groups in total. The molecule has 0 saturated carbocycles. The number of oxazole rings is 1. The number of hydrogen-bond acceptors (Lipinski definition) is 3. The molecule has 0 aliphatic carbocycles. The first-order valence-corrected chi connectivity index (χ1v) is 9.99. The van der Waals surface area contributed by atoms with Gasteiger partial charge in [0.15, 0.2) is 5.58 Å². The van der Waals surface area contributed by atoms with E-state index in [2.05, 4.69) is 36.3 Å². The second kappa shape index (κ2) is 8.10. The Morgan fingerprint density at radius 1 is 1.10 bits per heavy atom. The molecular formula is C24H21ClN2O2. The van der Waals surface area contributed by atoms with Crippen molar-refractivity contribution in [2.45, 2.75) is 26.2 Å². The van der Waals surface area contributed by atoms with Gasteiger partial charge in [-0.2, -0.15) is 0 Å². The summed E-state index contributed by atoms with van der Waals surface area (Å²) in [7, 11) is 0. The molecular weight excluding hydrogens is 384 g/mol. The van der Waals surface area contributed by atoms with Gasteiger partial charge >= 0.3 is 0 Å². The van der Waals surface area contributed by atoms with E-state index in [-0.39, 0.29) is 5.91 Å². The lowest BCUT2D eigenvalue weighted by atomic mass is 9.98. The van der Waals surface area contributed by atoms with E-state index < -0.39 is 0 Å². The van der Waals surface area contributed by atoms with Crippen LogP contribution in [0.25, 0.3) is 22.6 Å². The third kappa shape index (κ3) is 4.17. The molecule has 0 unspecified atom stereocenters. The van der Waals surface area contributed by atoms with Crippen LogP contribution in [0.4, 0.5) is 5.69 Å². The number of hydrogen-bond donors (Lipinski definition) is 1. The maximum atomic E-state index is 12.5. The summed E-state index contributed by atoms with van der Waals surface area (Å²) < 4.78 is 5.94. The smallest absolute Gasteiger partial charge is 0.255 e. The van der Waals surface area contributed by atoms with E-state index in [1.807, 2.05) is 30.3 Å². The third-order valence-corrected chi connectivity index (χ3v) is 5.28. The number of amides is 1. The van der Waals surface area contributed by atoms with Crippen molar-refractivity contribution in [3.8, 4) is 11.5 Å². The summed E-state index contributed by atoms with van der Waals surface area (Å²) in [5.74, 6) is 0.783. The van der Waals surface area contributed by atoms with Crippen LogP contribution in [-0.2, 0) is 0 Å². The summed E-state index contributed by atoms with van der Waals surface area (Å²) in [4.78, 5) is 17.1. The maximum Gasteiger partial charge on any atom is 0.255 e. The number of nitrogens with zero attached hydrogens (tertiary/aromatic N) is 1. The molecule has 0 radical (unpaired) electrons. The molecule has 1 heterocycles. The Kier molecular flexibility index (Phi) is 5.36. The van der Waals surface area contributed by atoms with Gasteiger partial charge in [-0.25, -0.2) is 4.98 Å². The van der Waals surface area contributed by atoms with Gasteiger partial charge in [0, 0.05) is 21.8 Å². The number of halogens is 1. The Hall–Kier alpha value is -3.11. The average molecular weight is 405 g/mol. The Labute approximate surface area is 174 Å². The number of fused-ring (bicyclic) bond motifs is 1. The van der Waals surface area contributed by atoms with Crippen molar-refractivity contribution in [3.63, 3.8) is 0 Å². The van der Waals surface area contributed by atoms with Gasteiger partial charge in [-0.1, -0.05) is 43.6 Å². The zero-order valence-electron chi connectivity index (χ0n) is 16.3. The highest BCUT2D eigenvalue weighted by molar-refractivity contribution is 6.31. The molecule has 29 heavy (non-hydrogen) atoms. The van der Waals surface area contributed by atoms with Crippen LogP contribution in [0.15, 0.2) is 71.1 Å². The minimum absolute atomic E-state index is 0.222. The Morgan fingerprint density at radius 3 is 2.72 bits per heavy atom. The summed E-state index contributed by atoms with van der Waals surface area (Å²) in [5.41, 5.74) is 4.81. The molecule has 146 valence electrons. The third-order valence-electron chi connectivity index (χ3n) is 5.05. The van der Waals surface area contributed by atoms with E-state index in [0.717, 1.165) is 23.1 Å². The first-order chi connectivity index (χ1) is 14.0. The number of benzene rings is 3. The first-order valence-electron chi connectivity index (χ1n) is 9.61. The second-order valence-corrected chi connectivity index (χ2v) is 7.54. The lowest BCUT2D eigenvalue weighted by Gasteiger charge is -2.07. The zero-order valence-corrected chi connectivity index (χ0v) is 17.0. The molecule has 0 fully saturated rings. The molecule has 4 aromatic rings. The van der Waals surface area contributed by atoms with Gasteiger partial charge in [0.05, 0.1) is 0 Å². The van der Waals surface area contributed by atoms with E-state index >= 15 is 0 Å². The Morgan fingerprint density at radius 2 is 1.93 bits per heavy atom. The summed E-state index contributed by atoms with van der Waals surface area (Å²) >= 11 is 5.97. The largest absolute Gasteiger partial charge is 0.436 e. The molecule has 0 saturated heterocycles. The Bertz CT molecular complexity index is 1180. The molecule has 4 nitrogen and oxygen atoms in total. The first kappa shape index (κ1) is 19.2. The lowest BCUT2D eigenvalue weighted by Crippen LogP contribution is -2.11. The molecule has 5 heteroatoms. The predicted octanol–water partition coefficient (Wildman–Crippen LogP) is 6.91. The molecule has 0 bridgehead atoms. The topological polar surface area (TPSA) is 55.1 Å². The highest BCUT2D eigenvalue weighted by Crippen LogP contribution is 2.29. The van der Waals surface area contributed by atoms with Crippen LogP contribution in [0.1, 0.15) is 42.1 Å². The van der Waals surface area contributed by atoms with Crippen LogP contribution in [0.2, 0.25) is 5.02 Å². The highest BCUT2D eigenvalue weighted by Gasteiger charge is 2.12. The van der Waals surface area contributed by atoms with Crippen LogP contribution in [0.3, 0.4) is 0 Å². The van der Waals surface area contributed by atoms with Crippen LogP contribution in [0, 0.1) is 0 Å². The highest BCUT2D eigenvalue weighted by atomic mass is 35.5. The van der Waals surface area contributed by atoms with Crippen LogP contribution in [0.5, 0.6) is 0 Å². The number of carbonyl (C=O) groups excluding carboxylic acids is 1. The summed E-state index contributed by atoms with van der Waals surface area (Å²) in [6.45, 7) is 4.38. The minimum Gasteiger partial charge on any atom is -0.436 e. The molecule has 0 aliphatic rings. The Balaban J connectivity index is 1.60. The summed E-state index contributed by atoms with van der Waals surface area (Å²) in [5, 5.41) is 3.42. The van der Waals surface area contributed by atoms with Crippen molar-refractivity contribution in [2.24, 2.45) is 0 Å². The van der Waals surface area contributed by atoms with Gasteiger partial charge in [-0.05, 0) is 66.4 Å². The number of carbonyl (C=O) groups is 1. The van der Waals surface area contributed by atoms with E-state index in [1.54, 1.807) is 24.3 Å². The fraction of sp³-hybridized carbons (Fsp3) is 0.167. The molecule has 0 spiro atoms. The zero-order chi connectivity index (χ0) is 20.4. The number of aromatic nitrogens is 1. The van der Waals surface area contributed by atoms with Gasteiger partial charge in [0.2, 0.25) is 5.89 Å². The van der Waals surface area contributed by atoms with Crippen molar-refractivity contribution >= 4 is 34.3 Å². The number of rotatable bonds is 5. The van der Waals surface area contributed by atoms with Crippen molar-refractivity contribution in [2.75, 3.05) is 5.32 Å². The van der Waals surface area contributed by atoms with Crippen molar-refractivity contribution < 1.29 is 9.21 Å². The molecule has 1 atom stereocenters. The molecule has 1 aromatic heterocycles. The molecule has 0 aliphatic heterocycles. The van der Waals surface area contributed by atoms with E-state index in [1.165, 1.54) is 5.56 Å².